The van der Waals surface area contributed by atoms with Crippen molar-refractivity contribution in [2.75, 3.05) is 0 Å². The highest BCUT2D eigenvalue weighted by molar-refractivity contribution is 5.96. The average molecular weight is 186 g/mol. The van der Waals surface area contributed by atoms with E-state index in [9.17, 15) is 4.79 Å². The van der Waals surface area contributed by atoms with Crippen LogP contribution < -0.4 is 16.4 Å². The van der Waals surface area contributed by atoms with Gasteiger partial charge in [-0.3, -0.25) is 10.6 Å². The molecule has 74 valence electrons. The number of guanidine groups is 1. The average Bonchev–Trinajstić information content (AvgIpc) is 1.80. The van der Waals surface area contributed by atoms with Gasteiger partial charge in [-0.25, -0.2) is 9.79 Å². The molecule has 0 aliphatic carbocycles. The smallest absolute Gasteiger partial charge is 0.318 e. The Bertz CT molecular complexity index is 217. The minimum absolute atomic E-state index is 0.0336. The number of hydrogen-bond donors (Lipinski definition) is 4. The topological polar surface area (TPSA) is 99.7 Å². The van der Waals surface area contributed by atoms with Gasteiger partial charge < -0.3 is 10.8 Å². The molecule has 0 aromatic heterocycles. The Morgan fingerprint density at radius 2 is 2.08 bits per heavy atom. The van der Waals surface area contributed by atoms with Gasteiger partial charge >= 0.3 is 6.03 Å². The first kappa shape index (κ1) is 11.3. The molecule has 0 fully saturated rings. The number of rotatable bonds is 2. The third-order valence-electron chi connectivity index (χ3n) is 0.892. The predicted octanol–water partition coefficient (Wildman–Crippen LogP) is 0.0379. The van der Waals surface area contributed by atoms with Crippen molar-refractivity contribution in [3.05, 3.63) is 12.5 Å². The number of nitrogens with one attached hydrogen (secondary N) is 2. The van der Waals surface area contributed by atoms with Gasteiger partial charge in [0, 0.05) is 6.04 Å². The van der Waals surface area contributed by atoms with Gasteiger partial charge in [0.1, 0.15) is 0 Å². The van der Waals surface area contributed by atoms with Gasteiger partial charge in [-0.1, -0.05) is 0 Å². The van der Waals surface area contributed by atoms with E-state index in [1.165, 1.54) is 0 Å². The molecule has 13 heavy (non-hydrogen) atoms. The fraction of sp³-hybridized carbons (Fsp3) is 0.429. The summed E-state index contributed by atoms with van der Waals surface area (Å²) >= 11 is 0. The van der Waals surface area contributed by atoms with Gasteiger partial charge in [-0.2, -0.15) is 0 Å². The fourth-order valence-corrected chi connectivity index (χ4v) is 0.607. The predicted molar refractivity (Wildman–Crippen MR) is 50.2 cm³/mol. The van der Waals surface area contributed by atoms with Crippen LogP contribution >= 0.6 is 0 Å². The number of amides is 2. The second kappa shape index (κ2) is 5.02. The lowest BCUT2D eigenvalue weighted by molar-refractivity contribution is 0.252. The molecule has 0 aliphatic rings. The number of aliphatic hydroxyl groups is 1. The van der Waals surface area contributed by atoms with Gasteiger partial charge in [0.15, 0.2) is 5.88 Å². The van der Waals surface area contributed by atoms with E-state index in [-0.39, 0.29) is 17.9 Å². The molecule has 0 saturated carbocycles. The second-order valence-electron chi connectivity index (χ2n) is 2.63. The zero-order chi connectivity index (χ0) is 10.4. The number of urea groups is 1. The van der Waals surface area contributed by atoms with Crippen LogP contribution in [0.3, 0.4) is 0 Å². The molecule has 0 spiro atoms. The van der Waals surface area contributed by atoms with Crippen LogP contribution in [0.2, 0.25) is 0 Å². The number of nitrogens with zero attached hydrogens (tertiary/aromatic N) is 1. The molecule has 0 atom stereocenters. The second-order valence-corrected chi connectivity index (χ2v) is 2.63. The van der Waals surface area contributed by atoms with Crippen molar-refractivity contribution in [2.45, 2.75) is 19.9 Å². The lowest BCUT2D eigenvalue weighted by atomic mass is 10.4. The SMILES string of the molecule is C=C(O)NC(=NC(C)C)NC(N)=O. The first-order valence-electron chi connectivity index (χ1n) is 3.71. The third kappa shape index (κ3) is 6.67. The van der Waals surface area contributed by atoms with Crippen molar-refractivity contribution in [3.8, 4) is 0 Å². The monoisotopic (exact) mass is 186 g/mol. The summed E-state index contributed by atoms with van der Waals surface area (Å²) in [5.41, 5.74) is 4.86. The maximum atomic E-state index is 10.5. The number of hydrogen-bond acceptors (Lipinski definition) is 3. The van der Waals surface area contributed by atoms with Crippen LogP contribution in [0.4, 0.5) is 4.79 Å². The van der Waals surface area contributed by atoms with Crippen LogP contribution in [-0.2, 0) is 0 Å². The maximum Gasteiger partial charge on any atom is 0.318 e. The van der Waals surface area contributed by atoms with Crippen molar-refractivity contribution < 1.29 is 9.90 Å². The molecule has 0 unspecified atom stereocenters. The van der Waals surface area contributed by atoms with E-state index in [0.717, 1.165) is 0 Å². The highest BCUT2D eigenvalue weighted by atomic mass is 16.3. The van der Waals surface area contributed by atoms with E-state index in [4.69, 9.17) is 10.8 Å². The summed E-state index contributed by atoms with van der Waals surface area (Å²) in [4.78, 5) is 14.4. The first-order valence-corrected chi connectivity index (χ1v) is 3.71. The summed E-state index contributed by atoms with van der Waals surface area (Å²) in [5, 5.41) is 13.3. The van der Waals surface area contributed by atoms with Gasteiger partial charge in [-0.15, -0.1) is 0 Å². The molecule has 6 heteroatoms. The van der Waals surface area contributed by atoms with Crippen LogP contribution in [-0.4, -0.2) is 23.1 Å². The number of carbonyl (C=O) groups excluding carboxylic acids is 1. The van der Waals surface area contributed by atoms with Gasteiger partial charge in [0.25, 0.3) is 0 Å². The minimum atomic E-state index is -0.756. The number of carbonyl (C=O) groups is 1. The van der Waals surface area contributed by atoms with Gasteiger partial charge in [0.05, 0.1) is 0 Å². The highest BCUT2D eigenvalue weighted by Crippen LogP contribution is 1.86. The Labute approximate surface area is 76.5 Å². The maximum absolute atomic E-state index is 10.5. The van der Waals surface area contributed by atoms with Crippen LogP contribution in [0, 0.1) is 0 Å². The van der Waals surface area contributed by atoms with Crippen LogP contribution in [0.15, 0.2) is 17.5 Å². The van der Waals surface area contributed by atoms with Crippen LogP contribution in [0.25, 0.3) is 0 Å². The minimum Gasteiger partial charge on any atom is -0.495 e. The van der Waals surface area contributed by atoms with E-state index in [2.05, 4.69) is 22.2 Å². The molecule has 0 aliphatic heterocycles. The number of nitrogens with two attached hydrogens (primary N) is 1. The molecule has 5 N–H and O–H groups in total. The normalized spacial score (nSPS) is 11.2. The Hall–Kier alpha value is -1.72. The molecule has 0 bridgehead atoms. The number of aliphatic imine (C=N–C) groups is 1. The summed E-state index contributed by atoms with van der Waals surface area (Å²) in [7, 11) is 0. The molecule has 0 saturated heterocycles. The fourth-order valence-electron chi connectivity index (χ4n) is 0.607. The Balaban J connectivity index is 4.36. The van der Waals surface area contributed by atoms with E-state index in [1.807, 2.05) is 13.8 Å². The molecule has 0 radical (unpaired) electrons. The molecular weight excluding hydrogens is 172 g/mol. The lowest BCUT2D eigenvalue weighted by Crippen LogP contribution is -2.43. The van der Waals surface area contributed by atoms with Crippen LogP contribution in [0.5, 0.6) is 0 Å². The first-order chi connectivity index (χ1) is 5.91. The molecule has 0 rings (SSSR count). The molecule has 0 aromatic carbocycles. The van der Waals surface area contributed by atoms with Crippen molar-refractivity contribution in [1.82, 2.24) is 10.6 Å². The van der Waals surface area contributed by atoms with Crippen molar-refractivity contribution in [2.24, 2.45) is 10.7 Å². The third-order valence-corrected chi connectivity index (χ3v) is 0.892. The largest absolute Gasteiger partial charge is 0.495 e. The Morgan fingerprint density at radius 1 is 1.54 bits per heavy atom. The highest BCUT2D eigenvalue weighted by Gasteiger charge is 2.03. The summed E-state index contributed by atoms with van der Waals surface area (Å²) in [6, 6.07) is -0.790. The van der Waals surface area contributed by atoms with E-state index in [0.29, 0.717) is 0 Å². The molecule has 0 heterocycles. The summed E-state index contributed by atoms with van der Waals surface area (Å²) in [6.07, 6.45) is 0. The number of aliphatic hydroxyl groups excluding tert-OH is 1. The Kier molecular flexibility index (Phi) is 4.36. The van der Waals surface area contributed by atoms with Gasteiger partial charge in [0.2, 0.25) is 5.96 Å². The van der Waals surface area contributed by atoms with Crippen LogP contribution in [0.1, 0.15) is 13.8 Å². The standard InChI is InChI=1S/C7H14N4O2/c1-4(2)9-7(10-5(3)12)11-6(8)13/h4,12H,3H2,1-2H3,(H4,8,9,10,11,13). The summed E-state index contributed by atoms with van der Waals surface area (Å²) in [5.74, 6) is -0.233. The lowest BCUT2D eigenvalue weighted by Gasteiger charge is -2.09. The molecule has 0 aromatic rings. The summed E-state index contributed by atoms with van der Waals surface area (Å²) < 4.78 is 0. The van der Waals surface area contributed by atoms with Crippen molar-refractivity contribution in [1.29, 1.82) is 0 Å². The molecule has 2 amide bonds. The van der Waals surface area contributed by atoms with E-state index < -0.39 is 6.03 Å². The number of primary amides is 1. The van der Waals surface area contributed by atoms with Crippen molar-refractivity contribution >= 4 is 12.0 Å². The van der Waals surface area contributed by atoms with E-state index >= 15 is 0 Å². The quantitative estimate of drug-likeness (QED) is 0.278. The van der Waals surface area contributed by atoms with Gasteiger partial charge in [-0.05, 0) is 20.4 Å². The summed E-state index contributed by atoms with van der Waals surface area (Å²) in [6.45, 7) is 6.80. The van der Waals surface area contributed by atoms with E-state index in [1.54, 1.807) is 0 Å². The molecular formula is C7H14N4O2. The van der Waals surface area contributed by atoms with Crippen molar-refractivity contribution in [3.63, 3.8) is 0 Å². The molecule has 6 nitrogen and oxygen atoms in total. The zero-order valence-corrected chi connectivity index (χ0v) is 7.66. The zero-order valence-electron chi connectivity index (χ0n) is 7.66. The Morgan fingerprint density at radius 3 is 2.38 bits per heavy atom.